The molecule has 5 rings (SSSR count). The van der Waals surface area contributed by atoms with Crippen LogP contribution in [0.4, 0.5) is 0 Å². The van der Waals surface area contributed by atoms with Crippen LogP contribution in [0, 0.1) is 5.92 Å². The van der Waals surface area contributed by atoms with E-state index in [2.05, 4.69) is 52.3 Å². The number of rotatable bonds is 8. The highest BCUT2D eigenvalue weighted by Gasteiger charge is 2.41. The highest BCUT2D eigenvalue weighted by atomic mass is 16.7. The molecule has 1 aromatic heterocycles. The number of hydrogen-bond acceptors (Lipinski definition) is 6. The van der Waals surface area contributed by atoms with E-state index >= 15 is 0 Å². The van der Waals surface area contributed by atoms with Crippen molar-refractivity contribution in [1.82, 2.24) is 15.0 Å². The maximum Gasteiger partial charge on any atom is 0.188 e. The van der Waals surface area contributed by atoms with Gasteiger partial charge in [-0.2, -0.15) is 0 Å². The number of hydrogen-bond donors (Lipinski definition) is 0. The van der Waals surface area contributed by atoms with Crippen molar-refractivity contribution in [3.63, 3.8) is 0 Å². The van der Waals surface area contributed by atoms with Gasteiger partial charge in [0.05, 0.1) is 11.6 Å². The Balaban J connectivity index is 1.54. The fraction of sp³-hybridized carbons (Fsp3) is 0.423. The lowest BCUT2D eigenvalue weighted by molar-refractivity contribution is 0.0511. The minimum atomic E-state index is 0.233. The topological polar surface area (TPSA) is 51.0 Å². The highest BCUT2D eigenvalue weighted by Crippen LogP contribution is 2.49. The zero-order valence-electron chi connectivity index (χ0n) is 18.9. The second kappa shape index (κ2) is 9.45. The number of piperazine rings is 1. The molecule has 0 spiro atoms. The van der Waals surface area contributed by atoms with E-state index < -0.39 is 0 Å². The summed E-state index contributed by atoms with van der Waals surface area (Å²) in [6.07, 6.45) is 2.51. The molecule has 2 aliphatic rings. The van der Waals surface area contributed by atoms with Gasteiger partial charge < -0.3 is 18.9 Å². The van der Waals surface area contributed by atoms with Gasteiger partial charge in [-0.05, 0) is 55.6 Å². The van der Waals surface area contributed by atoms with E-state index in [0.717, 1.165) is 60.1 Å². The minimum absolute atomic E-state index is 0.233. The fourth-order valence-electron chi connectivity index (χ4n) is 4.61. The smallest absolute Gasteiger partial charge is 0.188 e. The molecule has 1 atom stereocenters. The van der Waals surface area contributed by atoms with Crippen molar-refractivity contribution in [2.45, 2.75) is 18.9 Å². The normalized spacial score (nSPS) is 18.6. The lowest BCUT2D eigenvalue weighted by Gasteiger charge is -2.37. The summed E-state index contributed by atoms with van der Waals surface area (Å²) in [7, 11) is 3.82. The molecule has 1 aliphatic heterocycles. The Morgan fingerprint density at radius 2 is 1.69 bits per heavy atom. The average molecular weight is 434 g/mol. The van der Waals surface area contributed by atoms with Gasteiger partial charge in [-0.25, -0.2) is 0 Å². The number of ether oxygens (including phenoxy) is 2. The summed E-state index contributed by atoms with van der Waals surface area (Å²) in [5, 5.41) is 4.62. The molecule has 2 aromatic carbocycles. The Morgan fingerprint density at radius 3 is 2.34 bits per heavy atom. The molecule has 2 fully saturated rings. The summed E-state index contributed by atoms with van der Waals surface area (Å²) in [4.78, 5) is 5.01. The van der Waals surface area contributed by atoms with E-state index in [-0.39, 0.29) is 12.8 Å². The van der Waals surface area contributed by atoms with Gasteiger partial charge in [-0.3, -0.25) is 4.90 Å². The number of nitrogens with zero attached hydrogens (tertiary/aromatic N) is 3. The summed E-state index contributed by atoms with van der Waals surface area (Å²) in [6, 6.07) is 18.8. The second-order valence-corrected chi connectivity index (χ2v) is 8.83. The van der Waals surface area contributed by atoms with Crippen LogP contribution in [-0.2, 0) is 4.74 Å². The molecule has 32 heavy (non-hydrogen) atoms. The third kappa shape index (κ3) is 4.44. The van der Waals surface area contributed by atoms with Gasteiger partial charge >= 0.3 is 0 Å². The quantitative estimate of drug-likeness (QED) is 0.481. The minimum Gasteiger partial charge on any atom is -0.468 e. The van der Waals surface area contributed by atoms with Gasteiger partial charge in [0.1, 0.15) is 11.4 Å². The molecule has 0 radical (unpaired) electrons. The Morgan fingerprint density at radius 1 is 0.969 bits per heavy atom. The maximum absolute atomic E-state index is 6.19. The van der Waals surface area contributed by atoms with Crippen LogP contribution in [-0.4, -0.2) is 62.1 Å². The number of methoxy groups -OCH3 is 1. The van der Waals surface area contributed by atoms with Crippen molar-refractivity contribution >= 4 is 0 Å². The van der Waals surface area contributed by atoms with Gasteiger partial charge in [-0.1, -0.05) is 35.5 Å². The summed E-state index contributed by atoms with van der Waals surface area (Å²) in [5.74, 6) is 2.43. The van der Waals surface area contributed by atoms with Gasteiger partial charge in [0.25, 0.3) is 0 Å². The summed E-state index contributed by atoms with van der Waals surface area (Å²) < 4.78 is 16.7. The first-order valence-electron chi connectivity index (χ1n) is 11.4. The average Bonchev–Trinajstić information content (AvgIpc) is 3.58. The van der Waals surface area contributed by atoms with E-state index in [0.29, 0.717) is 5.92 Å². The molecule has 1 saturated carbocycles. The van der Waals surface area contributed by atoms with E-state index in [1.54, 1.807) is 7.11 Å². The highest BCUT2D eigenvalue weighted by molar-refractivity contribution is 5.82. The molecule has 3 aromatic rings. The van der Waals surface area contributed by atoms with Crippen LogP contribution >= 0.6 is 0 Å². The van der Waals surface area contributed by atoms with Gasteiger partial charge in [0, 0.05) is 38.9 Å². The number of likely N-dealkylation sites (N-methyl/N-ethyl adjacent to an activating group) is 1. The van der Waals surface area contributed by atoms with Crippen LogP contribution in [0.5, 0.6) is 5.75 Å². The first kappa shape index (κ1) is 21.2. The SMILES string of the molecule is COCOc1ccc(-c2noc(C(C3CC3)N3CCN(C)CC3)c2-c2ccccc2)cc1. The van der Waals surface area contributed by atoms with E-state index in [1.807, 2.05) is 24.3 Å². The molecule has 2 heterocycles. The molecular weight excluding hydrogens is 402 g/mol. The van der Waals surface area contributed by atoms with Crippen LogP contribution in [0.15, 0.2) is 59.1 Å². The zero-order chi connectivity index (χ0) is 21.9. The lowest BCUT2D eigenvalue weighted by atomic mass is 9.94. The molecule has 168 valence electrons. The first-order chi connectivity index (χ1) is 15.7. The number of benzene rings is 2. The third-order valence-corrected chi connectivity index (χ3v) is 6.52. The molecule has 6 nitrogen and oxygen atoms in total. The summed E-state index contributed by atoms with van der Waals surface area (Å²) in [6.45, 7) is 4.54. The van der Waals surface area contributed by atoms with E-state index in [4.69, 9.17) is 14.0 Å². The van der Waals surface area contributed by atoms with Crippen LogP contribution < -0.4 is 4.74 Å². The zero-order valence-corrected chi connectivity index (χ0v) is 18.9. The largest absolute Gasteiger partial charge is 0.468 e. The Hall–Kier alpha value is -2.67. The molecule has 1 aliphatic carbocycles. The Kier molecular flexibility index (Phi) is 6.26. The van der Waals surface area contributed by atoms with Crippen LogP contribution in [0.2, 0.25) is 0 Å². The lowest BCUT2D eigenvalue weighted by Crippen LogP contribution is -2.46. The van der Waals surface area contributed by atoms with E-state index in [1.165, 1.54) is 12.8 Å². The Bertz CT molecular complexity index is 1010. The van der Waals surface area contributed by atoms with Crippen molar-refractivity contribution in [3.05, 3.63) is 60.4 Å². The third-order valence-electron chi connectivity index (χ3n) is 6.52. The molecule has 0 N–H and O–H groups in total. The molecule has 1 unspecified atom stereocenters. The van der Waals surface area contributed by atoms with Crippen molar-refractivity contribution in [1.29, 1.82) is 0 Å². The van der Waals surface area contributed by atoms with Crippen molar-refractivity contribution < 1.29 is 14.0 Å². The number of aromatic nitrogens is 1. The van der Waals surface area contributed by atoms with Crippen molar-refractivity contribution in [3.8, 4) is 28.1 Å². The molecule has 0 amide bonds. The van der Waals surface area contributed by atoms with E-state index in [9.17, 15) is 0 Å². The molecule has 0 bridgehead atoms. The van der Waals surface area contributed by atoms with Gasteiger partial charge in [0.15, 0.2) is 12.6 Å². The molecular formula is C26H31N3O3. The van der Waals surface area contributed by atoms with Crippen LogP contribution in [0.25, 0.3) is 22.4 Å². The maximum atomic E-state index is 6.19. The van der Waals surface area contributed by atoms with Crippen LogP contribution in [0.1, 0.15) is 24.6 Å². The predicted molar refractivity (Wildman–Crippen MR) is 124 cm³/mol. The van der Waals surface area contributed by atoms with Crippen LogP contribution in [0.3, 0.4) is 0 Å². The second-order valence-electron chi connectivity index (χ2n) is 8.83. The van der Waals surface area contributed by atoms with Gasteiger partial charge in [-0.15, -0.1) is 0 Å². The first-order valence-corrected chi connectivity index (χ1v) is 11.4. The summed E-state index contributed by atoms with van der Waals surface area (Å²) in [5.41, 5.74) is 4.19. The van der Waals surface area contributed by atoms with Crippen molar-refractivity contribution in [2.75, 3.05) is 47.1 Å². The van der Waals surface area contributed by atoms with Crippen molar-refractivity contribution in [2.24, 2.45) is 5.92 Å². The molecule has 1 saturated heterocycles. The summed E-state index contributed by atoms with van der Waals surface area (Å²) >= 11 is 0. The van der Waals surface area contributed by atoms with Gasteiger partial charge in [0.2, 0.25) is 0 Å². The molecule has 6 heteroatoms. The predicted octanol–water partition coefficient (Wildman–Crippen LogP) is 4.69. The monoisotopic (exact) mass is 433 g/mol. The standard InChI is InChI=1S/C26H31N3O3/c1-28-14-16-29(17-15-28)25(21-8-9-21)26-23(19-6-4-3-5-7-19)24(27-32-26)20-10-12-22(13-11-20)31-18-30-2/h3-7,10-13,21,25H,8-9,14-18H2,1-2H3. The Labute approximate surface area is 189 Å². The fourth-order valence-corrected chi connectivity index (χ4v) is 4.61.